The molecule has 2 aromatic carbocycles. The Morgan fingerprint density at radius 2 is 2.00 bits per heavy atom. The number of nitrogens with zero attached hydrogens (tertiary/aromatic N) is 1. The quantitative estimate of drug-likeness (QED) is 0.782. The number of halogens is 1. The fraction of sp³-hybridized carbons (Fsp3) is 0.158. The van der Waals surface area contributed by atoms with Crippen LogP contribution in [0.1, 0.15) is 6.92 Å². The van der Waals surface area contributed by atoms with Gasteiger partial charge in [0.15, 0.2) is 6.61 Å². The molecule has 2 aromatic rings. The zero-order valence-corrected chi connectivity index (χ0v) is 14.8. The fourth-order valence-electron chi connectivity index (χ4n) is 2.12. The van der Waals surface area contributed by atoms with Crippen LogP contribution in [0, 0.1) is 12.3 Å². The molecule has 0 fully saturated rings. The smallest absolute Gasteiger partial charge is 0.419 e. The van der Waals surface area contributed by atoms with E-state index in [4.69, 9.17) is 27.5 Å². The van der Waals surface area contributed by atoms with Crippen molar-refractivity contribution >= 4 is 35.2 Å². The number of carbonyl (C=O) groups excluding carboxylic acids is 2. The number of rotatable bonds is 5. The Labute approximate surface area is 156 Å². The zero-order valence-electron chi connectivity index (χ0n) is 14.1. The Hall–Kier alpha value is -3.17. The molecule has 2 amide bonds. The Morgan fingerprint density at radius 1 is 1.23 bits per heavy atom. The number of ether oxygens (including phenoxy) is 2. The topological polar surface area (TPSA) is 67.9 Å². The second-order valence-corrected chi connectivity index (χ2v) is 5.46. The van der Waals surface area contributed by atoms with E-state index >= 15 is 0 Å². The summed E-state index contributed by atoms with van der Waals surface area (Å²) in [4.78, 5) is 25.4. The van der Waals surface area contributed by atoms with Gasteiger partial charge in [0.1, 0.15) is 5.75 Å². The van der Waals surface area contributed by atoms with Crippen LogP contribution < -0.4 is 15.0 Å². The number of anilines is 2. The number of carbonyl (C=O) groups is 2. The van der Waals surface area contributed by atoms with Gasteiger partial charge in [-0.15, -0.1) is 6.42 Å². The first-order valence-corrected chi connectivity index (χ1v) is 8.13. The molecular weight excluding hydrogens is 356 g/mol. The molecule has 0 radical (unpaired) electrons. The lowest BCUT2D eigenvalue weighted by Gasteiger charge is -2.20. The molecule has 7 heteroatoms. The molecule has 0 aliphatic rings. The summed E-state index contributed by atoms with van der Waals surface area (Å²) < 4.78 is 10.1. The first-order chi connectivity index (χ1) is 12.5. The van der Waals surface area contributed by atoms with Crippen LogP contribution in [0.5, 0.6) is 5.75 Å². The van der Waals surface area contributed by atoms with Gasteiger partial charge in [0, 0.05) is 29.0 Å². The molecule has 0 aliphatic carbocycles. The number of hydrogen-bond acceptors (Lipinski definition) is 4. The van der Waals surface area contributed by atoms with Gasteiger partial charge in [0.2, 0.25) is 0 Å². The van der Waals surface area contributed by atoms with Crippen LogP contribution >= 0.6 is 11.6 Å². The van der Waals surface area contributed by atoms with E-state index in [-0.39, 0.29) is 12.4 Å². The van der Waals surface area contributed by atoms with E-state index in [1.165, 1.54) is 11.0 Å². The van der Waals surface area contributed by atoms with Crippen molar-refractivity contribution in [1.29, 1.82) is 0 Å². The maximum Gasteiger partial charge on any atom is 0.419 e. The van der Waals surface area contributed by atoms with Gasteiger partial charge in [0.05, 0.1) is 0 Å². The Balaban J connectivity index is 2.07. The highest BCUT2D eigenvalue weighted by Crippen LogP contribution is 2.22. The molecule has 0 aromatic heterocycles. The van der Waals surface area contributed by atoms with Crippen LogP contribution in [-0.4, -0.2) is 25.3 Å². The van der Waals surface area contributed by atoms with Crippen LogP contribution in [0.3, 0.4) is 0 Å². The highest BCUT2D eigenvalue weighted by atomic mass is 35.5. The number of amides is 2. The fourth-order valence-corrected chi connectivity index (χ4v) is 2.30. The summed E-state index contributed by atoms with van der Waals surface area (Å²) in [6, 6.07) is 13.3. The maximum atomic E-state index is 12.5. The molecule has 26 heavy (non-hydrogen) atoms. The molecule has 0 bridgehead atoms. The van der Waals surface area contributed by atoms with Crippen LogP contribution in [-0.2, 0) is 4.74 Å². The summed E-state index contributed by atoms with van der Waals surface area (Å²) in [5.41, 5.74) is 1.03. The van der Waals surface area contributed by atoms with Gasteiger partial charge >= 0.3 is 12.2 Å². The maximum absolute atomic E-state index is 12.5. The third kappa shape index (κ3) is 5.43. The number of nitrogens with one attached hydrogen (secondary N) is 1. The van der Waals surface area contributed by atoms with Gasteiger partial charge in [-0.2, -0.15) is 0 Å². The Kier molecular flexibility index (Phi) is 6.89. The minimum atomic E-state index is -0.694. The highest BCUT2D eigenvalue weighted by molar-refractivity contribution is 6.30. The Bertz CT molecular complexity index is 832. The molecule has 0 saturated heterocycles. The number of terminal acetylenes is 1. The third-order valence-electron chi connectivity index (χ3n) is 3.23. The van der Waals surface area contributed by atoms with Crippen molar-refractivity contribution in [2.24, 2.45) is 0 Å². The average Bonchev–Trinajstić information content (AvgIpc) is 2.61. The molecule has 1 N–H and O–H groups in total. The van der Waals surface area contributed by atoms with E-state index < -0.39 is 12.2 Å². The molecule has 0 unspecified atom stereocenters. The number of benzene rings is 2. The summed E-state index contributed by atoms with van der Waals surface area (Å²) in [7, 11) is 0. The molecule has 0 atom stereocenters. The van der Waals surface area contributed by atoms with Gasteiger partial charge in [0.25, 0.3) is 0 Å². The molecule has 0 heterocycles. The number of hydrogen-bond donors (Lipinski definition) is 1. The second kappa shape index (κ2) is 9.35. The normalized spacial score (nSPS) is 9.73. The average molecular weight is 373 g/mol. The van der Waals surface area contributed by atoms with Gasteiger partial charge in [-0.1, -0.05) is 29.7 Å². The van der Waals surface area contributed by atoms with Crippen molar-refractivity contribution in [2.45, 2.75) is 6.92 Å². The van der Waals surface area contributed by atoms with Crippen molar-refractivity contribution in [2.75, 3.05) is 23.4 Å². The summed E-state index contributed by atoms with van der Waals surface area (Å²) in [5.74, 6) is 2.46. The van der Waals surface area contributed by atoms with Crippen molar-refractivity contribution < 1.29 is 19.1 Å². The standard InChI is InChI=1S/C19H17ClN2O4/c1-3-11-25-18(23)21-15-8-6-10-17(13-15)26-19(24)22(4-2)16-9-5-7-14(20)12-16/h1,5-10,12-13H,4,11H2,2H3,(H,21,23). The monoisotopic (exact) mass is 372 g/mol. The van der Waals surface area contributed by atoms with E-state index in [0.717, 1.165) is 0 Å². The summed E-state index contributed by atoms with van der Waals surface area (Å²) in [6.07, 6.45) is 3.76. The van der Waals surface area contributed by atoms with E-state index in [1.807, 2.05) is 6.92 Å². The predicted octanol–water partition coefficient (Wildman–Crippen LogP) is 4.55. The van der Waals surface area contributed by atoms with Gasteiger partial charge in [-0.25, -0.2) is 9.59 Å². The van der Waals surface area contributed by atoms with Crippen molar-refractivity contribution in [3.8, 4) is 18.1 Å². The minimum Gasteiger partial charge on any atom is -0.436 e. The molecular formula is C19H17ClN2O4. The molecule has 2 rings (SSSR count). The van der Waals surface area contributed by atoms with E-state index in [2.05, 4.69) is 11.2 Å². The van der Waals surface area contributed by atoms with Crippen molar-refractivity contribution in [3.63, 3.8) is 0 Å². The lowest BCUT2D eigenvalue weighted by molar-refractivity contribution is 0.176. The van der Waals surface area contributed by atoms with Crippen LogP contribution in [0.25, 0.3) is 0 Å². The molecule has 0 saturated carbocycles. The van der Waals surface area contributed by atoms with Gasteiger partial charge in [-0.05, 0) is 37.3 Å². The Morgan fingerprint density at radius 3 is 2.69 bits per heavy atom. The van der Waals surface area contributed by atoms with E-state index in [9.17, 15) is 9.59 Å². The van der Waals surface area contributed by atoms with Gasteiger partial charge in [-0.3, -0.25) is 10.2 Å². The van der Waals surface area contributed by atoms with Crippen LogP contribution in [0.15, 0.2) is 48.5 Å². The zero-order chi connectivity index (χ0) is 18.9. The lowest BCUT2D eigenvalue weighted by atomic mass is 10.3. The van der Waals surface area contributed by atoms with Crippen molar-refractivity contribution in [1.82, 2.24) is 0 Å². The predicted molar refractivity (Wildman–Crippen MR) is 101 cm³/mol. The second-order valence-electron chi connectivity index (χ2n) is 5.03. The van der Waals surface area contributed by atoms with E-state index in [1.54, 1.807) is 42.5 Å². The summed E-state index contributed by atoms with van der Waals surface area (Å²) in [5, 5.41) is 3.01. The van der Waals surface area contributed by atoms with E-state index in [0.29, 0.717) is 22.9 Å². The molecule has 0 spiro atoms. The SMILES string of the molecule is C#CCOC(=O)Nc1cccc(OC(=O)N(CC)c2cccc(Cl)c2)c1. The van der Waals surface area contributed by atoms with Crippen LogP contribution in [0.4, 0.5) is 21.0 Å². The summed E-state index contributed by atoms with van der Waals surface area (Å²) >= 11 is 5.97. The molecule has 134 valence electrons. The lowest BCUT2D eigenvalue weighted by Crippen LogP contribution is -2.33. The summed E-state index contributed by atoms with van der Waals surface area (Å²) in [6.45, 7) is 2.09. The third-order valence-corrected chi connectivity index (χ3v) is 3.46. The molecule has 6 nitrogen and oxygen atoms in total. The van der Waals surface area contributed by atoms with Gasteiger partial charge < -0.3 is 9.47 Å². The first-order valence-electron chi connectivity index (χ1n) is 7.75. The van der Waals surface area contributed by atoms with Crippen molar-refractivity contribution in [3.05, 3.63) is 53.6 Å². The largest absolute Gasteiger partial charge is 0.436 e. The highest BCUT2D eigenvalue weighted by Gasteiger charge is 2.17. The molecule has 0 aliphatic heterocycles. The van der Waals surface area contributed by atoms with Crippen LogP contribution in [0.2, 0.25) is 5.02 Å². The minimum absolute atomic E-state index is 0.133. The first kappa shape index (κ1) is 19.2.